The van der Waals surface area contributed by atoms with Gasteiger partial charge in [0.2, 0.25) is 5.88 Å². The predicted octanol–water partition coefficient (Wildman–Crippen LogP) is 4.54. The van der Waals surface area contributed by atoms with E-state index >= 15 is 0 Å². The summed E-state index contributed by atoms with van der Waals surface area (Å²) in [5.41, 5.74) is 3.33. The van der Waals surface area contributed by atoms with Crippen LogP contribution in [-0.2, 0) is 5.88 Å². The molecule has 0 radical (unpaired) electrons. The van der Waals surface area contributed by atoms with Crippen LogP contribution in [0.3, 0.4) is 0 Å². The minimum absolute atomic E-state index is 0.373. The van der Waals surface area contributed by atoms with Gasteiger partial charge in [-0.25, -0.2) is 0 Å². The molecule has 98 valence electrons. The average Bonchev–Trinajstić information content (AvgIpc) is 2.94. The lowest BCUT2D eigenvalue weighted by Gasteiger charge is -2.06. The molecule has 0 amide bonds. The van der Waals surface area contributed by atoms with Crippen molar-refractivity contribution in [1.29, 1.82) is 0 Å². The molecule has 2 heterocycles. The molecular formula is C14H13ClN2OS. The molecule has 2 aromatic heterocycles. The van der Waals surface area contributed by atoms with E-state index in [1.54, 1.807) is 11.3 Å². The summed E-state index contributed by atoms with van der Waals surface area (Å²) in [4.78, 5) is 5.36. The van der Waals surface area contributed by atoms with Crippen LogP contribution in [-0.4, -0.2) is 9.38 Å². The van der Waals surface area contributed by atoms with E-state index in [9.17, 15) is 0 Å². The van der Waals surface area contributed by atoms with Gasteiger partial charge >= 0.3 is 0 Å². The summed E-state index contributed by atoms with van der Waals surface area (Å²) in [7, 11) is 0. The predicted molar refractivity (Wildman–Crippen MR) is 78.6 cm³/mol. The summed E-state index contributed by atoms with van der Waals surface area (Å²) >= 11 is 7.56. The maximum atomic E-state index is 6.00. The third-order valence-electron chi connectivity index (χ3n) is 3.14. The Bertz CT molecular complexity index is 732. The highest BCUT2D eigenvalue weighted by Gasteiger charge is 2.14. The van der Waals surface area contributed by atoms with E-state index in [0.717, 1.165) is 16.4 Å². The number of halogens is 1. The van der Waals surface area contributed by atoms with Crippen molar-refractivity contribution in [3.8, 4) is 11.6 Å². The molecule has 0 saturated heterocycles. The highest BCUT2D eigenvalue weighted by Crippen LogP contribution is 2.29. The monoisotopic (exact) mass is 292 g/mol. The quantitative estimate of drug-likeness (QED) is 0.662. The van der Waals surface area contributed by atoms with Gasteiger partial charge in [0.05, 0.1) is 5.88 Å². The largest absolute Gasteiger partial charge is 0.437 e. The first-order valence-corrected chi connectivity index (χ1v) is 7.36. The van der Waals surface area contributed by atoms with E-state index in [1.807, 2.05) is 34.2 Å². The smallest absolute Gasteiger partial charge is 0.243 e. The third-order valence-corrected chi connectivity index (χ3v) is 4.15. The van der Waals surface area contributed by atoms with Crippen molar-refractivity contribution in [3.05, 3.63) is 46.6 Å². The van der Waals surface area contributed by atoms with Gasteiger partial charge in [0.15, 0.2) is 4.96 Å². The number of thiazole rings is 1. The van der Waals surface area contributed by atoms with Crippen LogP contribution < -0.4 is 4.74 Å². The molecule has 0 saturated carbocycles. The normalized spacial score (nSPS) is 11.1. The van der Waals surface area contributed by atoms with Crippen molar-refractivity contribution < 1.29 is 4.74 Å². The van der Waals surface area contributed by atoms with Crippen molar-refractivity contribution in [3.63, 3.8) is 0 Å². The molecule has 0 atom stereocenters. The van der Waals surface area contributed by atoms with Crippen LogP contribution >= 0.6 is 22.9 Å². The third kappa shape index (κ3) is 2.22. The molecular weight excluding hydrogens is 280 g/mol. The lowest BCUT2D eigenvalue weighted by Crippen LogP contribution is -1.92. The lowest BCUT2D eigenvalue weighted by molar-refractivity contribution is 0.461. The van der Waals surface area contributed by atoms with E-state index in [1.165, 1.54) is 11.1 Å². The Labute approximate surface area is 120 Å². The number of aryl methyl sites for hydroxylation is 2. The standard InChI is InChI=1S/C14H13ClN2OS/c1-9-3-4-11(7-10(9)2)18-13-12(8-15)17-5-6-19-14(17)16-13/h3-7H,8H2,1-2H3. The number of hydrogen-bond acceptors (Lipinski definition) is 3. The number of ether oxygens (including phenoxy) is 1. The maximum absolute atomic E-state index is 6.00. The lowest BCUT2D eigenvalue weighted by atomic mass is 10.1. The molecule has 1 aromatic carbocycles. The van der Waals surface area contributed by atoms with Crippen LogP contribution in [0.25, 0.3) is 4.96 Å². The molecule has 19 heavy (non-hydrogen) atoms. The molecule has 0 aliphatic carbocycles. The Morgan fingerprint density at radius 1 is 1.32 bits per heavy atom. The molecule has 0 spiro atoms. The Morgan fingerprint density at radius 2 is 2.16 bits per heavy atom. The molecule has 0 unspecified atom stereocenters. The van der Waals surface area contributed by atoms with E-state index in [-0.39, 0.29) is 0 Å². The minimum Gasteiger partial charge on any atom is -0.437 e. The number of nitrogens with zero attached hydrogens (tertiary/aromatic N) is 2. The Morgan fingerprint density at radius 3 is 2.89 bits per heavy atom. The second-order valence-corrected chi connectivity index (χ2v) is 5.54. The van der Waals surface area contributed by atoms with Gasteiger partial charge in [0.1, 0.15) is 11.4 Å². The molecule has 0 aliphatic heterocycles. The first-order valence-electron chi connectivity index (χ1n) is 5.94. The molecule has 3 nitrogen and oxygen atoms in total. The van der Waals surface area contributed by atoms with Crippen molar-refractivity contribution in [1.82, 2.24) is 9.38 Å². The Balaban J connectivity index is 2.00. The Kier molecular flexibility index (Phi) is 3.21. The van der Waals surface area contributed by atoms with Gasteiger partial charge in [0, 0.05) is 11.6 Å². The first-order chi connectivity index (χ1) is 9.19. The second kappa shape index (κ2) is 4.87. The van der Waals surface area contributed by atoms with Gasteiger partial charge in [-0.1, -0.05) is 6.07 Å². The SMILES string of the molecule is Cc1ccc(Oc2nc3sccn3c2CCl)cc1C. The fourth-order valence-electron chi connectivity index (χ4n) is 1.91. The number of aromatic nitrogens is 2. The summed E-state index contributed by atoms with van der Waals surface area (Å²) in [5, 5.41) is 1.98. The van der Waals surface area contributed by atoms with Crippen molar-refractivity contribution in [2.45, 2.75) is 19.7 Å². The molecule has 0 N–H and O–H groups in total. The zero-order valence-electron chi connectivity index (χ0n) is 10.7. The van der Waals surface area contributed by atoms with E-state index in [0.29, 0.717) is 11.8 Å². The summed E-state index contributed by atoms with van der Waals surface area (Å²) < 4.78 is 7.84. The minimum atomic E-state index is 0.373. The molecule has 3 rings (SSSR count). The Hall–Kier alpha value is -1.52. The van der Waals surface area contributed by atoms with E-state index < -0.39 is 0 Å². The average molecular weight is 293 g/mol. The van der Waals surface area contributed by atoms with E-state index in [4.69, 9.17) is 16.3 Å². The van der Waals surface area contributed by atoms with Gasteiger partial charge < -0.3 is 4.74 Å². The van der Waals surface area contributed by atoms with Gasteiger partial charge in [-0.15, -0.1) is 22.9 Å². The van der Waals surface area contributed by atoms with Crippen LogP contribution in [0.15, 0.2) is 29.8 Å². The van der Waals surface area contributed by atoms with Gasteiger partial charge in [-0.3, -0.25) is 4.40 Å². The van der Waals surface area contributed by atoms with Crippen molar-refractivity contribution >= 4 is 27.9 Å². The zero-order chi connectivity index (χ0) is 13.4. The van der Waals surface area contributed by atoms with Gasteiger partial charge in [0.25, 0.3) is 0 Å². The highest BCUT2D eigenvalue weighted by atomic mass is 35.5. The van der Waals surface area contributed by atoms with Crippen LogP contribution in [0.1, 0.15) is 16.8 Å². The number of imidazole rings is 1. The number of fused-ring (bicyclic) bond motifs is 1. The number of hydrogen-bond donors (Lipinski definition) is 0. The van der Waals surface area contributed by atoms with Crippen LogP contribution in [0.2, 0.25) is 0 Å². The van der Waals surface area contributed by atoms with Crippen LogP contribution in [0, 0.1) is 13.8 Å². The topological polar surface area (TPSA) is 26.5 Å². The van der Waals surface area contributed by atoms with Gasteiger partial charge in [-0.2, -0.15) is 4.98 Å². The number of rotatable bonds is 3. The zero-order valence-corrected chi connectivity index (χ0v) is 12.3. The van der Waals surface area contributed by atoms with E-state index in [2.05, 4.69) is 18.8 Å². The molecule has 5 heteroatoms. The maximum Gasteiger partial charge on any atom is 0.243 e. The van der Waals surface area contributed by atoms with Crippen molar-refractivity contribution in [2.75, 3.05) is 0 Å². The van der Waals surface area contributed by atoms with Crippen molar-refractivity contribution in [2.24, 2.45) is 0 Å². The summed E-state index contributed by atoms with van der Waals surface area (Å²) in [6.45, 7) is 4.15. The molecule has 3 aromatic rings. The molecule has 0 fully saturated rings. The van der Waals surface area contributed by atoms with Crippen LogP contribution in [0.4, 0.5) is 0 Å². The summed E-state index contributed by atoms with van der Waals surface area (Å²) in [6, 6.07) is 6.01. The molecule has 0 aliphatic rings. The fraction of sp³-hybridized carbons (Fsp3) is 0.214. The fourth-order valence-corrected chi connectivity index (χ4v) is 2.87. The summed E-state index contributed by atoms with van der Waals surface area (Å²) in [6.07, 6.45) is 1.96. The summed E-state index contributed by atoms with van der Waals surface area (Å²) in [5.74, 6) is 1.75. The van der Waals surface area contributed by atoms with Crippen LogP contribution in [0.5, 0.6) is 11.6 Å². The number of benzene rings is 1. The first kappa shape index (κ1) is 12.5. The molecule has 0 bridgehead atoms. The highest BCUT2D eigenvalue weighted by molar-refractivity contribution is 7.15. The van der Waals surface area contributed by atoms with Gasteiger partial charge in [-0.05, 0) is 37.1 Å². The number of alkyl halides is 1. The second-order valence-electron chi connectivity index (χ2n) is 4.40.